The Morgan fingerprint density at radius 2 is 0.968 bits per heavy atom. The summed E-state index contributed by atoms with van der Waals surface area (Å²) in [7, 11) is 1.48. The van der Waals surface area contributed by atoms with Gasteiger partial charge in [-0.15, -0.1) is 0 Å². The van der Waals surface area contributed by atoms with Crippen LogP contribution in [0.5, 0.6) is 5.75 Å². The predicted octanol–water partition coefficient (Wildman–Crippen LogP) is -1.75. The molecule has 0 aliphatic heterocycles. The van der Waals surface area contributed by atoms with Crippen LogP contribution in [0.1, 0.15) is 75.6 Å². The standard InChI is InChI=1S/C65H85N17O13/c1-35(2)26-48(74-55(87)32-66)58(89)75-47(20-13-25-70-65(68)69-5)57(88)77-52(30-41-34-72-46-19-12-10-17-44(41)46)63(94)82-81-62(93)50(27-38-14-7-6-8-15-38)79-64(95)56(36(3)83)80-61(92)53(31-54(67)86)78-60(91)51(29-40-33-71-45-18-11-9-16-43(40)45)76-59(90)49(73-37(4)84)28-39-21-23-42(85)24-22-39/h6-12,14-19,21-24,33-36,47-53,56,71-72,83,85H,13,20,25-32,66H2,1-5H3,(H2,67,86)(H,73,84)(H,74,87)(H,75,89)(H,76,90)(H,77,88)(H,78,91)(H,79,95)(H,80,92)(H,81,93)(H,82,94)(H3,68,69,70)/t36-,47+,48+,49-,50+,51-,52+,53+,56+/m1/s1. The minimum Gasteiger partial charge on any atom is -0.508 e. The quantitative estimate of drug-likeness (QED) is 0.00922. The number of carbonyl (C=O) groups is 11. The zero-order valence-corrected chi connectivity index (χ0v) is 53.4. The van der Waals surface area contributed by atoms with Gasteiger partial charge in [-0.2, -0.15) is 0 Å². The van der Waals surface area contributed by atoms with Crippen LogP contribution in [0.2, 0.25) is 0 Å². The predicted molar refractivity (Wildman–Crippen MR) is 352 cm³/mol. The number of amides is 11. The van der Waals surface area contributed by atoms with Gasteiger partial charge in [0.15, 0.2) is 5.96 Å². The number of primary amides is 1. The number of nitrogens with zero attached hydrogens (tertiary/aromatic N) is 1. The number of aliphatic hydroxyl groups is 1. The van der Waals surface area contributed by atoms with Crippen molar-refractivity contribution >= 4 is 92.7 Å². The molecule has 6 rings (SSSR count). The summed E-state index contributed by atoms with van der Waals surface area (Å²) >= 11 is 0. The Hall–Kier alpha value is -10.9. The molecular formula is C65H85N17O13. The average Bonchev–Trinajstić information content (AvgIpc) is 1.74. The molecule has 2 heterocycles. The van der Waals surface area contributed by atoms with E-state index < -0.39 is 132 Å². The van der Waals surface area contributed by atoms with Crippen molar-refractivity contribution in [2.75, 3.05) is 20.1 Å². The Balaban J connectivity index is 1.23. The number of aromatic nitrogens is 2. The maximum atomic E-state index is 14.5. The maximum absolute atomic E-state index is 14.5. The zero-order chi connectivity index (χ0) is 69.3. The lowest BCUT2D eigenvalue weighted by Crippen LogP contribution is -2.63. The number of aromatic amines is 2. The number of nitrogens with one attached hydrogen (secondary N) is 13. The van der Waals surface area contributed by atoms with Crippen LogP contribution in [0.3, 0.4) is 0 Å². The van der Waals surface area contributed by atoms with Gasteiger partial charge in [-0.3, -0.25) is 68.6 Å². The summed E-state index contributed by atoms with van der Waals surface area (Å²) in [6.45, 7) is 5.83. The number of benzene rings is 4. The number of para-hydroxylation sites is 2. The van der Waals surface area contributed by atoms with Crippen molar-refractivity contribution in [3.8, 4) is 5.75 Å². The number of hydrogen-bond donors (Lipinski definition) is 18. The molecule has 0 bridgehead atoms. The largest absolute Gasteiger partial charge is 0.508 e. The van der Waals surface area contributed by atoms with Crippen LogP contribution in [-0.2, 0) is 78.4 Å². The van der Waals surface area contributed by atoms with Gasteiger partial charge < -0.3 is 85.2 Å². The van der Waals surface area contributed by atoms with Crippen LogP contribution in [0.15, 0.2) is 121 Å². The second kappa shape index (κ2) is 35.8. The highest BCUT2D eigenvalue weighted by Gasteiger charge is 2.37. The normalized spacial score (nSPS) is 14.2. The van der Waals surface area contributed by atoms with E-state index in [1.54, 1.807) is 103 Å². The fraction of sp³-hybridized carbons (Fsp3) is 0.385. The molecule has 0 aliphatic carbocycles. The van der Waals surface area contributed by atoms with Gasteiger partial charge >= 0.3 is 0 Å². The van der Waals surface area contributed by atoms with Crippen molar-refractivity contribution in [2.45, 2.75) is 134 Å². The molecule has 0 saturated heterocycles. The highest BCUT2D eigenvalue weighted by Crippen LogP contribution is 2.22. The first kappa shape index (κ1) is 73.2. The molecule has 0 aliphatic rings. The first-order valence-electron chi connectivity index (χ1n) is 30.9. The molecule has 30 nitrogen and oxygen atoms in total. The van der Waals surface area contributed by atoms with Gasteiger partial charge in [0, 0.05) is 80.4 Å². The van der Waals surface area contributed by atoms with Crippen molar-refractivity contribution in [3.63, 3.8) is 0 Å². The first-order chi connectivity index (χ1) is 45.3. The Bertz CT molecular complexity index is 3690. The van der Waals surface area contributed by atoms with Crippen molar-refractivity contribution in [3.05, 3.63) is 138 Å². The number of H-pyrrole nitrogens is 2. The molecule has 30 heteroatoms. The summed E-state index contributed by atoms with van der Waals surface area (Å²) < 4.78 is 0. The second-order valence-corrected chi connectivity index (χ2v) is 23.3. The van der Waals surface area contributed by atoms with Gasteiger partial charge in [-0.25, -0.2) is 0 Å². The molecule has 2 aromatic heterocycles. The molecule has 0 fully saturated rings. The summed E-state index contributed by atoms with van der Waals surface area (Å²) in [6.07, 6.45) is 0.389. The molecule has 0 spiro atoms. The number of guanidine groups is 1. The average molecular weight is 1310 g/mol. The lowest BCUT2D eigenvalue weighted by atomic mass is 10.0. The van der Waals surface area contributed by atoms with Crippen LogP contribution >= 0.6 is 0 Å². The summed E-state index contributed by atoms with van der Waals surface area (Å²) in [5.74, 6) is -9.97. The molecule has 0 radical (unpaired) electrons. The molecular weight excluding hydrogens is 1230 g/mol. The van der Waals surface area contributed by atoms with Gasteiger partial charge in [0.2, 0.25) is 53.2 Å². The number of phenols is 1. The van der Waals surface area contributed by atoms with Gasteiger partial charge in [-0.1, -0.05) is 92.7 Å². The number of aliphatic imine (C=N–C) groups is 1. The minimum absolute atomic E-state index is 0.00611. The van der Waals surface area contributed by atoms with Gasteiger partial charge in [0.05, 0.1) is 19.1 Å². The molecule has 4 aromatic carbocycles. The number of hydrazine groups is 1. The Morgan fingerprint density at radius 3 is 1.48 bits per heavy atom. The van der Waals surface area contributed by atoms with E-state index in [9.17, 15) is 63.0 Å². The fourth-order valence-electron chi connectivity index (χ4n) is 10.4. The number of aromatic hydroxyl groups is 1. The van der Waals surface area contributed by atoms with Gasteiger partial charge in [0.25, 0.3) is 11.8 Å². The van der Waals surface area contributed by atoms with E-state index in [2.05, 4.69) is 73.7 Å². The van der Waals surface area contributed by atoms with E-state index in [0.29, 0.717) is 44.1 Å². The Morgan fingerprint density at radius 1 is 0.516 bits per heavy atom. The van der Waals surface area contributed by atoms with E-state index in [4.69, 9.17) is 17.2 Å². The van der Waals surface area contributed by atoms with Crippen LogP contribution < -0.4 is 75.9 Å². The first-order valence-corrected chi connectivity index (χ1v) is 30.9. The number of aliphatic hydroxyl groups excluding tert-OH is 1. The van der Waals surface area contributed by atoms with E-state index in [1.165, 1.54) is 26.1 Å². The molecule has 9 atom stereocenters. The van der Waals surface area contributed by atoms with Gasteiger partial charge in [0.1, 0.15) is 54.1 Å². The molecule has 6 aromatic rings. The number of carbonyl (C=O) groups excluding carboxylic acids is 11. The molecule has 95 heavy (non-hydrogen) atoms. The van der Waals surface area contributed by atoms with Crippen molar-refractivity contribution in [1.82, 2.24) is 68.7 Å². The van der Waals surface area contributed by atoms with E-state index in [0.717, 1.165) is 6.92 Å². The minimum atomic E-state index is -1.91. The number of nitrogens with two attached hydrogens (primary N) is 3. The maximum Gasteiger partial charge on any atom is 0.261 e. The smallest absolute Gasteiger partial charge is 0.261 e. The third-order valence-electron chi connectivity index (χ3n) is 15.3. The summed E-state index contributed by atoms with van der Waals surface area (Å²) in [4.78, 5) is 163. The summed E-state index contributed by atoms with van der Waals surface area (Å²) in [6, 6.07) is 16.4. The number of phenolic OH excluding ortho intramolecular Hbond substituents is 1. The topological polar surface area (TPSA) is 483 Å². The monoisotopic (exact) mass is 1310 g/mol. The van der Waals surface area contributed by atoms with E-state index in [-0.39, 0.29) is 69.1 Å². The zero-order valence-electron chi connectivity index (χ0n) is 53.4. The number of fused-ring (bicyclic) bond motifs is 2. The highest BCUT2D eigenvalue weighted by molar-refractivity contribution is 6.00. The molecule has 21 N–H and O–H groups in total. The van der Waals surface area contributed by atoms with Crippen molar-refractivity contribution in [1.29, 1.82) is 0 Å². The summed E-state index contributed by atoms with van der Waals surface area (Å²) in [5, 5.41) is 45.9. The van der Waals surface area contributed by atoms with Gasteiger partial charge in [-0.05, 0) is 78.6 Å². The second-order valence-electron chi connectivity index (χ2n) is 23.3. The molecule has 0 unspecified atom stereocenters. The van der Waals surface area contributed by atoms with Crippen LogP contribution in [-0.4, -0.2) is 166 Å². The SMILES string of the molecule is CN=C(N)NCCC[C@H](NC(=O)[C@H](CC(C)C)NC(=O)CN)C(=O)N[C@@H](Cc1c[nH]c2ccccc12)C(=O)NNC(=O)[C@H](Cc1ccccc1)NC(=O)[C@@H](NC(=O)[C@H](CC(N)=O)NC(=O)[C@@H](Cc1c[nH]c2ccccc12)NC(=O)[C@@H](Cc1ccc(O)cc1)NC(C)=O)[C@@H](C)O. The van der Waals surface area contributed by atoms with Crippen molar-refractivity contribution < 1.29 is 63.0 Å². The van der Waals surface area contributed by atoms with Crippen LogP contribution in [0.4, 0.5) is 0 Å². The van der Waals surface area contributed by atoms with Crippen LogP contribution in [0.25, 0.3) is 21.8 Å². The number of hydrogen-bond acceptors (Lipinski definition) is 15. The highest BCUT2D eigenvalue weighted by atomic mass is 16.3. The third-order valence-corrected chi connectivity index (χ3v) is 15.3. The third kappa shape index (κ3) is 22.7. The van der Waals surface area contributed by atoms with Crippen molar-refractivity contribution in [2.24, 2.45) is 28.1 Å². The Kier molecular flexibility index (Phi) is 27.6. The fourth-order valence-corrected chi connectivity index (χ4v) is 10.4. The lowest BCUT2D eigenvalue weighted by molar-refractivity contribution is -0.137. The molecule has 11 amide bonds. The molecule has 508 valence electrons. The Labute approximate surface area is 547 Å². The molecule has 0 saturated carbocycles. The van der Waals surface area contributed by atoms with E-state index >= 15 is 0 Å². The summed E-state index contributed by atoms with van der Waals surface area (Å²) in [5.41, 5.74) is 25.2. The number of rotatable bonds is 34. The van der Waals surface area contributed by atoms with Crippen LogP contribution in [0, 0.1) is 5.92 Å². The van der Waals surface area contributed by atoms with E-state index in [1.807, 2.05) is 13.8 Å². The lowest BCUT2D eigenvalue weighted by Gasteiger charge is -2.28.